The van der Waals surface area contributed by atoms with E-state index in [1.807, 2.05) is 20.7 Å². The molecule has 0 radical (unpaired) electrons. The standard InChI is InChI=1S/C18H12S2/c1-2-8-14-13(7-1)15-9-3-5-11-17(15)19-20-18-12-6-4-10-16(14)18/h1-12H. The summed E-state index contributed by atoms with van der Waals surface area (Å²) >= 11 is 0. The molecule has 0 atom stereocenters. The quantitative estimate of drug-likeness (QED) is 0.329. The van der Waals surface area contributed by atoms with E-state index in [0.29, 0.717) is 0 Å². The van der Waals surface area contributed by atoms with E-state index in [4.69, 9.17) is 0 Å². The van der Waals surface area contributed by atoms with Crippen LogP contribution in [0.5, 0.6) is 0 Å². The molecular formula is C18H12S2. The van der Waals surface area contributed by atoms with Crippen molar-refractivity contribution < 1.29 is 0 Å². The molecule has 0 amide bonds. The molecule has 1 heterocycles. The number of hydrogen-bond donors (Lipinski definition) is 0. The SMILES string of the molecule is c1ccc2c(c1)ssc1ccccc1c1ccccc21. The first kappa shape index (κ1) is 11.9. The van der Waals surface area contributed by atoms with Crippen LogP contribution in [-0.2, 0) is 0 Å². The van der Waals surface area contributed by atoms with Crippen molar-refractivity contribution >= 4 is 51.6 Å². The van der Waals surface area contributed by atoms with Crippen molar-refractivity contribution in [2.75, 3.05) is 0 Å². The minimum absolute atomic E-state index is 1.32. The van der Waals surface area contributed by atoms with E-state index in [0.717, 1.165) is 0 Å². The topological polar surface area (TPSA) is 0 Å². The average Bonchev–Trinajstić information content (AvgIpc) is 2.52. The molecule has 4 rings (SSSR count). The van der Waals surface area contributed by atoms with E-state index in [1.54, 1.807) is 0 Å². The zero-order chi connectivity index (χ0) is 13.4. The van der Waals surface area contributed by atoms with Crippen molar-refractivity contribution in [3.63, 3.8) is 0 Å². The monoisotopic (exact) mass is 292 g/mol. The highest BCUT2D eigenvalue weighted by Crippen LogP contribution is 2.33. The summed E-state index contributed by atoms with van der Waals surface area (Å²) in [6, 6.07) is 26.0. The largest absolute Gasteiger partial charge is 0.0794 e. The molecule has 0 N–H and O–H groups in total. The van der Waals surface area contributed by atoms with Crippen LogP contribution in [0.3, 0.4) is 0 Å². The minimum atomic E-state index is 1.32. The summed E-state index contributed by atoms with van der Waals surface area (Å²) in [5, 5.41) is 5.30. The normalized spacial score (nSPS) is 11.0. The van der Waals surface area contributed by atoms with Crippen LogP contribution in [0.25, 0.3) is 30.9 Å². The van der Waals surface area contributed by atoms with Gasteiger partial charge in [-0.1, -0.05) is 81.3 Å². The lowest BCUT2D eigenvalue weighted by atomic mass is 10.1. The Hall–Kier alpha value is -1.90. The zero-order valence-corrected chi connectivity index (χ0v) is 12.4. The average molecular weight is 292 g/mol. The van der Waals surface area contributed by atoms with Crippen LogP contribution >= 0.6 is 20.7 Å². The van der Waals surface area contributed by atoms with Gasteiger partial charge in [0.2, 0.25) is 0 Å². The maximum absolute atomic E-state index is 2.22. The lowest BCUT2D eigenvalue weighted by molar-refractivity contribution is 1.81. The molecule has 0 aliphatic rings. The molecule has 0 aliphatic carbocycles. The van der Waals surface area contributed by atoms with Crippen molar-refractivity contribution in [1.82, 2.24) is 0 Å². The molecule has 0 bridgehead atoms. The van der Waals surface area contributed by atoms with Gasteiger partial charge in [0.1, 0.15) is 0 Å². The van der Waals surface area contributed by atoms with Gasteiger partial charge in [-0.15, -0.1) is 0 Å². The third kappa shape index (κ3) is 1.89. The summed E-state index contributed by atoms with van der Waals surface area (Å²) in [6.07, 6.45) is 0. The smallest absolute Gasteiger partial charge is 0.0455 e. The zero-order valence-electron chi connectivity index (χ0n) is 10.7. The van der Waals surface area contributed by atoms with Crippen molar-refractivity contribution in [2.45, 2.75) is 0 Å². The van der Waals surface area contributed by atoms with Crippen molar-refractivity contribution in [1.29, 1.82) is 0 Å². The molecule has 0 spiro atoms. The van der Waals surface area contributed by atoms with Gasteiger partial charge in [0.05, 0.1) is 0 Å². The second-order valence-electron chi connectivity index (χ2n) is 4.70. The van der Waals surface area contributed by atoms with E-state index in [9.17, 15) is 0 Å². The summed E-state index contributed by atoms with van der Waals surface area (Å²) in [4.78, 5) is 0. The number of fused-ring (bicyclic) bond motifs is 5. The number of benzene rings is 3. The Kier molecular flexibility index (Phi) is 2.91. The summed E-state index contributed by atoms with van der Waals surface area (Å²) in [5.74, 6) is 0. The van der Waals surface area contributed by atoms with Crippen LogP contribution in [-0.4, -0.2) is 0 Å². The van der Waals surface area contributed by atoms with Crippen LogP contribution in [0.1, 0.15) is 0 Å². The van der Waals surface area contributed by atoms with E-state index in [2.05, 4.69) is 72.8 Å². The van der Waals surface area contributed by atoms with Crippen LogP contribution in [0.2, 0.25) is 0 Å². The highest BCUT2D eigenvalue weighted by atomic mass is 32.9. The highest BCUT2D eigenvalue weighted by Gasteiger charge is 2.01. The molecule has 20 heavy (non-hydrogen) atoms. The molecule has 2 heteroatoms. The molecular weight excluding hydrogens is 280 g/mol. The molecule has 0 fully saturated rings. The fourth-order valence-electron chi connectivity index (χ4n) is 2.57. The second kappa shape index (κ2) is 4.89. The molecule has 0 unspecified atom stereocenters. The highest BCUT2D eigenvalue weighted by molar-refractivity contribution is 7.73. The fourth-order valence-corrected chi connectivity index (χ4v) is 4.96. The molecule has 1 aromatic heterocycles. The number of rotatable bonds is 0. The first-order valence-electron chi connectivity index (χ1n) is 6.56. The summed E-state index contributed by atoms with van der Waals surface area (Å²) in [7, 11) is 3.69. The lowest BCUT2D eigenvalue weighted by Gasteiger charge is -2.03. The van der Waals surface area contributed by atoms with Gasteiger partial charge in [0.25, 0.3) is 0 Å². The van der Waals surface area contributed by atoms with Crippen molar-refractivity contribution in [3.05, 3.63) is 72.8 Å². The van der Waals surface area contributed by atoms with Crippen LogP contribution in [0.4, 0.5) is 0 Å². The second-order valence-corrected chi connectivity index (χ2v) is 6.92. The van der Waals surface area contributed by atoms with Crippen molar-refractivity contribution in [3.8, 4) is 0 Å². The summed E-state index contributed by atoms with van der Waals surface area (Å²) < 4.78 is 2.67. The first-order valence-corrected chi connectivity index (χ1v) is 8.71. The van der Waals surface area contributed by atoms with Crippen LogP contribution in [0, 0.1) is 0 Å². The van der Waals surface area contributed by atoms with Gasteiger partial charge < -0.3 is 0 Å². The van der Waals surface area contributed by atoms with E-state index in [1.165, 1.54) is 30.9 Å². The van der Waals surface area contributed by atoms with E-state index < -0.39 is 0 Å². The first-order chi connectivity index (χ1) is 9.93. The Morgan fingerprint density at radius 3 is 1.20 bits per heavy atom. The Labute approximate surface area is 124 Å². The third-order valence-corrected chi connectivity index (χ3v) is 5.98. The molecule has 0 saturated carbocycles. The summed E-state index contributed by atoms with van der Waals surface area (Å²) in [6.45, 7) is 0. The Morgan fingerprint density at radius 2 is 0.750 bits per heavy atom. The minimum Gasteiger partial charge on any atom is -0.0794 e. The molecule has 0 nitrogen and oxygen atoms in total. The Balaban J connectivity index is 2.41. The predicted molar refractivity (Wildman–Crippen MR) is 92.3 cm³/mol. The maximum atomic E-state index is 2.22. The summed E-state index contributed by atoms with van der Waals surface area (Å²) in [5.41, 5.74) is 0. The van der Waals surface area contributed by atoms with Gasteiger partial charge in [-0.05, 0) is 22.9 Å². The Bertz CT molecular complexity index is 879. The molecule has 4 aromatic rings. The van der Waals surface area contributed by atoms with Gasteiger partial charge in [-0.3, -0.25) is 0 Å². The van der Waals surface area contributed by atoms with Gasteiger partial charge in [0.15, 0.2) is 0 Å². The molecule has 96 valence electrons. The number of hydrogen-bond acceptors (Lipinski definition) is 2. The van der Waals surface area contributed by atoms with E-state index >= 15 is 0 Å². The van der Waals surface area contributed by atoms with Gasteiger partial charge in [-0.25, -0.2) is 0 Å². The van der Waals surface area contributed by atoms with Gasteiger partial charge in [-0.2, -0.15) is 0 Å². The van der Waals surface area contributed by atoms with Gasteiger partial charge in [0, 0.05) is 20.2 Å². The third-order valence-electron chi connectivity index (χ3n) is 3.50. The van der Waals surface area contributed by atoms with Crippen LogP contribution < -0.4 is 0 Å². The predicted octanol–water partition coefficient (Wildman–Crippen LogP) is 6.39. The van der Waals surface area contributed by atoms with Crippen LogP contribution in [0.15, 0.2) is 72.8 Å². The van der Waals surface area contributed by atoms with E-state index in [-0.39, 0.29) is 0 Å². The Morgan fingerprint density at radius 1 is 0.400 bits per heavy atom. The van der Waals surface area contributed by atoms with Gasteiger partial charge >= 0.3 is 0 Å². The lowest BCUT2D eigenvalue weighted by Crippen LogP contribution is -1.75. The molecule has 0 aliphatic heterocycles. The van der Waals surface area contributed by atoms with Crippen molar-refractivity contribution in [2.24, 2.45) is 0 Å². The maximum Gasteiger partial charge on any atom is 0.0455 e. The fraction of sp³-hybridized carbons (Fsp3) is 0. The molecule has 3 aromatic carbocycles. The molecule has 0 saturated heterocycles.